The SMILES string of the molecule is O=C(OF)C(F)(F)C(F)(F)C(F)(F)C(F)(F)C(F)(F)C(F)(F)C(F)C(F)F. The van der Waals surface area contributed by atoms with Gasteiger partial charge in [0.15, 0.2) is 0 Å². The lowest BCUT2D eigenvalue weighted by Gasteiger charge is -2.40. The first-order valence-electron chi connectivity index (χ1n) is 5.61. The third-order valence-electron chi connectivity index (χ3n) is 2.89. The zero-order valence-corrected chi connectivity index (χ0v) is 11.5. The zero-order chi connectivity index (χ0) is 22.4. The van der Waals surface area contributed by atoms with Crippen molar-refractivity contribution < 1.29 is 80.1 Å². The fourth-order valence-corrected chi connectivity index (χ4v) is 1.31. The second-order valence-corrected chi connectivity index (χ2v) is 4.60. The Hall–Kier alpha value is -1.65. The minimum Gasteiger partial charge on any atom is -0.248 e. The van der Waals surface area contributed by atoms with Gasteiger partial charge in [-0.3, -0.25) is 0 Å². The van der Waals surface area contributed by atoms with Gasteiger partial charge in [-0.05, 0) is 0 Å². The Kier molecular flexibility index (Phi) is 6.34. The largest absolute Gasteiger partial charge is 0.424 e. The third kappa shape index (κ3) is 3.23. The predicted molar refractivity (Wildman–Crippen MR) is 47.8 cm³/mol. The normalized spacial score (nSPS) is 16.5. The Morgan fingerprint density at radius 2 is 0.963 bits per heavy atom. The molecule has 2 nitrogen and oxygen atoms in total. The van der Waals surface area contributed by atoms with Crippen LogP contribution in [0, 0.1) is 0 Å². The Balaban J connectivity index is 6.51. The number of alkyl halides is 15. The van der Waals surface area contributed by atoms with E-state index in [1.165, 1.54) is 4.94 Å². The lowest BCUT2D eigenvalue weighted by Crippen LogP contribution is -2.73. The van der Waals surface area contributed by atoms with Crippen LogP contribution < -0.4 is 0 Å². The molecule has 0 amide bonds. The van der Waals surface area contributed by atoms with Crippen molar-refractivity contribution in [2.24, 2.45) is 0 Å². The predicted octanol–water partition coefficient (Wildman–Crippen LogP) is 4.83. The third-order valence-corrected chi connectivity index (χ3v) is 2.89. The van der Waals surface area contributed by atoms with Crippen LogP contribution in [0.15, 0.2) is 0 Å². The molecular weight excluding hydrogens is 444 g/mol. The van der Waals surface area contributed by atoms with Crippen LogP contribution >= 0.6 is 0 Å². The number of carbonyl (C=O) groups excluding carboxylic acids is 1. The molecule has 0 aromatic heterocycles. The fourth-order valence-electron chi connectivity index (χ4n) is 1.31. The molecule has 0 rings (SSSR count). The molecule has 1 atom stereocenters. The van der Waals surface area contributed by atoms with E-state index in [-0.39, 0.29) is 0 Å². The van der Waals surface area contributed by atoms with Gasteiger partial charge in [-0.25, -0.2) is 22.9 Å². The van der Waals surface area contributed by atoms with Crippen molar-refractivity contribution in [3.8, 4) is 0 Å². The molecule has 0 saturated carbocycles. The van der Waals surface area contributed by atoms with Crippen LogP contribution in [-0.4, -0.2) is 54.1 Å². The quantitative estimate of drug-likeness (QED) is 0.500. The standard InChI is InChI=1S/C9H2F16O2/c10-1(2(11)12)4(13,14)6(17,18)8(21,22)9(23,24)7(19,20)5(15,16)3(26)27-25/h1-2H. The van der Waals surface area contributed by atoms with Crippen LogP contribution in [0.1, 0.15) is 0 Å². The molecule has 0 aliphatic carbocycles. The number of rotatable bonds is 8. The van der Waals surface area contributed by atoms with Gasteiger partial charge in [0.05, 0.1) is 0 Å². The highest BCUT2D eigenvalue weighted by molar-refractivity contribution is 5.78. The van der Waals surface area contributed by atoms with E-state index in [2.05, 4.69) is 0 Å². The van der Waals surface area contributed by atoms with Crippen LogP contribution in [0.5, 0.6) is 0 Å². The van der Waals surface area contributed by atoms with Crippen LogP contribution in [0.25, 0.3) is 0 Å². The molecule has 0 fully saturated rings. The molecule has 1 unspecified atom stereocenters. The molecular formula is C9H2F16O2. The van der Waals surface area contributed by atoms with Gasteiger partial charge in [0.2, 0.25) is 6.17 Å². The van der Waals surface area contributed by atoms with Crippen LogP contribution in [0.2, 0.25) is 0 Å². The summed E-state index contributed by atoms with van der Waals surface area (Å²) in [5.74, 6) is -52.1. The molecule has 0 heterocycles. The maximum atomic E-state index is 13.0. The minimum absolute atomic E-state index is 1.39. The lowest BCUT2D eigenvalue weighted by atomic mass is 9.90. The summed E-state index contributed by atoms with van der Waals surface area (Å²) in [7, 11) is 0. The average molecular weight is 446 g/mol. The molecule has 0 saturated heterocycles. The monoisotopic (exact) mass is 446 g/mol. The van der Waals surface area contributed by atoms with E-state index in [1.54, 1.807) is 0 Å². The van der Waals surface area contributed by atoms with E-state index < -0.39 is 54.1 Å². The number of hydrogen-bond donors (Lipinski definition) is 0. The van der Waals surface area contributed by atoms with Crippen molar-refractivity contribution in [3.63, 3.8) is 0 Å². The number of halogens is 16. The second-order valence-electron chi connectivity index (χ2n) is 4.60. The van der Waals surface area contributed by atoms with E-state index in [9.17, 15) is 75.2 Å². The summed E-state index contributed by atoms with van der Waals surface area (Å²) in [6.07, 6.45) is -10.9. The molecule has 18 heteroatoms. The maximum absolute atomic E-state index is 13.0. The van der Waals surface area contributed by atoms with Crippen LogP contribution in [0.4, 0.5) is 70.4 Å². The first kappa shape index (κ1) is 25.3. The summed E-state index contributed by atoms with van der Waals surface area (Å²) in [5, 5.41) is 0. The zero-order valence-electron chi connectivity index (χ0n) is 11.5. The number of carbonyl (C=O) groups is 1. The van der Waals surface area contributed by atoms with Gasteiger partial charge in [-0.15, -0.1) is 0 Å². The lowest BCUT2D eigenvalue weighted by molar-refractivity contribution is -0.428. The van der Waals surface area contributed by atoms with Gasteiger partial charge in [-0.2, -0.15) is 52.7 Å². The van der Waals surface area contributed by atoms with Crippen molar-refractivity contribution in [1.29, 1.82) is 0 Å². The van der Waals surface area contributed by atoms with Crippen LogP contribution in [-0.2, 0) is 9.74 Å². The van der Waals surface area contributed by atoms with Gasteiger partial charge in [0.1, 0.15) is 0 Å². The molecule has 0 aliphatic rings. The molecule has 0 aromatic rings. The highest BCUT2D eigenvalue weighted by Crippen LogP contribution is 2.61. The Morgan fingerprint density at radius 3 is 1.26 bits per heavy atom. The van der Waals surface area contributed by atoms with Crippen molar-refractivity contribution in [2.75, 3.05) is 0 Å². The summed E-state index contributed by atoms with van der Waals surface area (Å²) < 4.78 is 202. The van der Waals surface area contributed by atoms with Gasteiger partial charge in [-0.1, -0.05) is 0 Å². The Morgan fingerprint density at radius 1 is 0.630 bits per heavy atom. The van der Waals surface area contributed by atoms with Gasteiger partial charge in [0.25, 0.3) is 6.43 Å². The molecule has 0 spiro atoms. The molecule has 27 heavy (non-hydrogen) atoms. The van der Waals surface area contributed by atoms with Crippen molar-refractivity contribution in [1.82, 2.24) is 0 Å². The van der Waals surface area contributed by atoms with Gasteiger partial charge < -0.3 is 0 Å². The molecule has 0 aromatic carbocycles. The summed E-state index contributed by atoms with van der Waals surface area (Å²) in [6, 6.07) is 0. The fraction of sp³-hybridized carbons (Fsp3) is 0.889. The molecule has 0 aliphatic heterocycles. The second kappa shape index (κ2) is 6.75. The van der Waals surface area contributed by atoms with Crippen molar-refractivity contribution in [3.05, 3.63) is 0 Å². The molecule has 162 valence electrons. The summed E-state index contributed by atoms with van der Waals surface area (Å²) in [4.78, 5) is 11.4. The highest BCUT2D eigenvalue weighted by Gasteiger charge is 2.92. The van der Waals surface area contributed by atoms with Gasteiger partial charge in [0, 0.05) is 4.53 Å². The van der Waals surface area contributed by atoms with E-state index in [0.717, 1.165) is 0 Å². The van der Waals surface area contributed by atoms with Crippen molar-refractivity contribution in [2.45, 2.75) is 48.1 Å². The summed E-state index contributed by atoms with van der Waals surface area (Å²) in [6.45, 7) is 0. The smallest absolute Gasteiger partial charge is 0.248 e. The van der Waals surface area contributed by atoms with Crippen LogP contribution in [0.3, 0.4) is 0 Å². The molecule has 0 bridgehead atoms. The molecule has 0 N–H and O–H groups in total. The van der Waals surface area contributed by atoms with Crippen molar-refractivity contribution >= 4 is 5.97 Å². The Labute approximate surface area is 135 Å². The van der Waals surface area contributed by atoms with E-state index in [4.69, 9.17) is 0 Å². The van der Waals surface area contributed by atoms with E-state index >= 15 is 0 Å². The first-order valence-corrected chi connectivity index (χ1v) is 5.61. The highest BCUT2D eigenvalue weighted by atomic mass is 19.4. The minimum atomic E-state index is -8.38. The number of hydrogen-bond acceptors (Lipinski definition) is 2. The topological polar surface area (TPSA) is 26.3 Å². The summed E-state index contributed by atoms with van der Waals surface area (Å²) >= 11 is 0. The van der Waals surface area contributed by atoms with E-state index in [0.29, 0.717) is 0 Å². The first-order chi connectivity index (χ1) is 11.6. The van der Waals surface area contributed by atoms with Gasteiger partial charge >= 0.3 is 41.5 Å². The van der Waals surface area contributed by atoms with E-state index in [1.807, 2.05) is 0 Å². The maximum Gasteiger partial charge on any atom is 0.424 e. The molecule has 0 radical (unpaired) electrons. The Bertz CT molecular complexity index is 554. The average Bonchev–Trinajstić information content (AvgIpc) is 2.51. The summed E-state index contributed by atoms with van der Waals surface area (Å²) in [5.41, 5.74) is 0.